The second-order valence-corrected chi connectivity index (χ2v) is 8.16. The Morgan fingerprint density at radius 3 is 2.61 bits per heavy atom. The van der Waals surface area contributed by atoms with E-state index in [1.807, 2.05) is 0 Å². The topological polar surface area (TPSA) is 138 Å². The maximum atomic E-state index is 15.1. The number of rotatable bonds is 6. The van der Waals surface area contributed by atoms with Crippen LogP contribution in [-0.4, -0.2) is 72.6 Å². The van der Waals surface area contributed by atoms with Gasteiger partial charge in [-0.05, 0) is 12.1 Å². The Bertz CT molecular complexity index is 1140. The zero-order chi connectivity index (χ0) is 25.8. The van der Waals surface area contributed by atoms with Gasteiger partial charge in [-0.3, -0.25) is 14.5 Å². The molecule has 1 atom stereocenters. The Kier molecular flexibility index (Phi) is 7.41. The summed E-state index contributed by atoms with van der Waals surface area (Å²) in [6, 6.07) is 8.13. The fourth-order valence-electron chi connectivity index (χ4n) is 4.07. The van der Waals surface area contributed by atoms with Gasteiger partial charge in [0, 0.05) is 37.6 Å². The molecular formula is C23H26F2N6O5. The molecule has 0 bridgehead atoms. The van der Waals surface area contributed by atoms with Crippen LogP contribution in [0.1, 0.15) is 10.4 Å². The molecule has 2 fully saturated rings. The summed E-state index contributed by atoms with van der Waals surface area (Å²) in [4.78, 5) is 33.0. The van der Waals surface area contributed by atoms with Gasteiger partial charge in [-0.1, -0.05) is 12.1 Å². The summed E-state index contributed by atoms with van der Waals surface area (Å²) in [5, 5.41) is 12.2. The van der Waals surface area contributed by atoms with Crippen molar-refractivity contribution in [3.05, 3.63) is 66.0 Å². The van der Waals surface area contributed by atoms with Crippen molar-refractivity contribution in [3.8, 4) is 5.75 Å². The standard InChI is InChI=1S/C23H26F2N6O5/c24-18-11-15(30-14-16(36-23(30)34)13-29(27)6-5-26)12-19(25)21(18)28-7-8-31(35-10-9-28)22(33)17-3-1-2-4-20(17)32/h1-6,11-12,16,32H,7-10,13-14,26-27H2/b6-5-/t16-/m0/s1. The lowest BCUT2D eigenvalue weighted by atomic mass is 10.2. The largest absolute Gasteiger partial charge is 0.507 e. The molecule has 0 saturated carbocycles. The third kappa shape index (κ3) is 5.26. The molecule has 13 heteroatoms. The third-order valence-electron chi connectivity index (χ3n) is 5.74. The lowest BCUT2D eigenvalue weighted by molar-refractivity contribution is -0.111. The predicted molar refractivity (Wildman–Crippen MR) is 126 cm³/mol. The van der Waals surface area contributed by atoms with E-state index in [9.17, 15) is 14.7 Å². The summed E-state index contributed by atoms with van der Waals surface area (Å²) in [7, 11) is 0. The first-order valence-electron chi connectivity index (χ1n) is 11.1. The van der Waals surface area contributed by atoms with E-state index in [1.54, 1.807) is 12.1 Å². The molecule has 2 aromatic carbocycles. The maximum absolute atomic E-state index is 15.1. The van der Waals surface area contributed by atoms with Crippen molar-refractivity contribution in [2.75, 3.05) is 49.1 Å². The average Bonchev–Trinajstić information content (AvgIpc) is 3.03. The number of hydrogen-bond acceptors (Lipinski definition) is 9. The zero-order valence-electron chi connectivity index (χ0n) is 19.2. The lowest BCUT2D eigenvalue weighted by Crippen LogP contribution is -2.36. The molecule has 0 unspecified atom stereocenters. The van der Waals surface area contributed by atoms with Gasteiger partial charge in [0.2, 0.25) is 0 Å². The van der Waals surface area contributed by atoms with Crippen molar-refractivity contribution in [3.63, 3.8) is 0 Å². The van der Waals surface area contributed by atoms with E-state index in [0.29, 0.717) is 0 Å². The number of hydrazine groups is 1. The first kappa shape index (κ1) is 25.0. The summed E-state index contributed by atoms with van der Waals surface area (Å²) < 4.78 is 35.5. The molecule has 0 aliphatic carbocycles. The van der Waals surface area contributed by atoms with E-state index in [-0.39, 0.29) is 62.0 Å². The van der Waals surface area contributed by atoms with E-state index in [1.165, 1.54) is 34.4 Å². The highest BCUT2D eigenvalue weighted by molar-refractivity contribution is 5.96. The number of anilines is 2. The van der Waals surface area contributed by atoms with Crippen LogP contribution >= 0.6 is 0 Å². The molecule has 2 aliphatic heterocycles. The number of aromatic hydroxyl groups is 1. The summed E-state index contributed by atoms with van der Waals surface area (Å²) in [6.07, 6.45) is 1.25. The molecule has 192 valence electrons. The monoisotopic (exact) mass is 504 g/mol. The number of carbonyl (C=O) groups excluding carboxylic acids is 2. The van der Waals surface area contributed by atoms with Crippen LogP contribution in [0.2, 0.25) is 0 Å². The number of ether oxygens (including phenoxy) is 1. The summed E-state index contributed by atoms with van der Waals surface area (Å²) in [6.45, 7) is 0.342. The van der Waals surface area contributed by atoms with Gasteiger partial charge in [0.15, 0.2) is 11.6 Å². The molecule has 2 heterocycles. The van der Waals surface area contributed by atoms with Crippen molar-refractivity contribution >= 4 is 23.4 Å². The van der Waals surface area contributed by atoms with Gasteiger partial charge in [0.25, 0.3) is 5.91 Å². The molecule has 4 rings (SSSR count). The summed E-state index contributed by atoms with van der Waals surface area (Å²) in [5.41, 5.74) is 5.03. The van der Waals surface area contributed by atoms with Gasteiger partial charge in [-0.2, -0.15) is 0 Å². The Labute approximate surface area is 205 Å². The maximum Gasteiger partial charge on any atom is 0.414 e. The highest BCUT2D eigenvalue weighted by atomic mass is 19.1. The van der Waals surface area contributed by atoms with Crippen LogP contribution < -0.4 is 21.4 Å². The molecule has 2 aromatic rings. The normalized spacial score (nSPS) is 18.5. The van der Waals surface area contributed by atoms with Gasteiger partial charge in [0.1, 0.15) is 17.5 Å². The number of cyclic esters (lactones) is 1. The predicted octanol–water partition coefficient (Wildman–Crippen LogP) is 1.50. The van der Waals surface area contributed by atoms with E-state index >= 15 is 8.78 Å². The van der Waals surface area contributed by atoms with E-state index in [4.69, 9.17) is 21.2 Å². The number of phenols is 1. The van der Waals surface area contributed by atoms with Gasteiger partial charge < -0.3 is 25.5 Å². The van der Waals surface area contributed by atoms with Crippen molar-refractivity contribution in [1.29, 1.82) is 0 Å². The van der Waals surface area contributed by atoms with E-state index in [2.05, 4.69) is 0 Å². The number of para-hydroxylation sites is 1. The molecule has 0 aromatic heterocycles. The number of phenolic OH excluding ortho intramolecular Hbond substituents is 1. The second-order valence-electron chi connectivity index (χ2n) is 8.16. The molecule has 2 saturated heterocycles. The lowest BCUT2D eigenvalue weighted by Gasteiger charge is -2.24. The quantitative estimate of drug-likeness (QED) is 0.395. The van der Waals surface area contributed by atoms with Crippen molar-refractivity contribution in [2.45, 2.75) is 6.10 Å². The van der Waals surface area contributed by atoms with E-state index in [0.717, 1.165) is 22.1 Å². The van der Waals surface area contributed by atoms with Gasteiger partial charge >= 0.3 is 6.09 Å². The SMILES string of the molecule is N/C=C\N(N)C[C@H]1CN(c2cc(F)c(N3CCON(C(=O)c4ccccc4O)CC3)c(F)c2)C(=O)O1. The molecule has 0 spiro atoms. The number of carbonyl (C=O) groups is 2. The number of hydroxylamine groups is 2. The first-order valence-corrected chi connectivity index (χ1v) is 11.1. The first-order chi connectivity index (χ1) is 17.3. The van der Waals surface area contributed by atoms with Crippen LogP contribution in [0.15, 0.2) is 48.8 Å². The Balaban J connectivity index is 1.46. The summed E-state index contributed by atoms with van der Waals surface area (Å²) >= 11 is 0. The molecule has 2 amide bonds. The van der Waals surface area contributed by atoms with Gasteiger partial charge in [-0.15, -0.1) is 0 Å². The fraction of sp³-hybridized carbons (Fsp3) is 0.304. The molecule has 36 heavy (non-hydrogen) atoms. The number of benzene rings is 2. The van der Waals surface area contributed by atoms with Crippen LogP contribution in [0, 0.1) is 11.6 Å². The van der Waals surface area contributed by atoms with Crippen molar-refractivity contribution < 1.29 is 33.1 Å². The molecule has 11 nitrogen and oxygen atoms in total. The van der Waals surface area contributed by atoms with Gasteiger partial charge in [-0.25, -0.2) is 24.5 Å². The van der Waals surface area contributed by atoms with Crippen LogP contribution in [0.4, 0.5) is 25.0 Å². The summed E-state index contributed by atoms with van der Waals surface area (Å²) in [5.74, 6) is 3.19. The van der Waals surface area contributed by atoms with Crippen molar-refractivity contribution in [1.82, 2.24) is 10.1 Å². The van der Waals surface area contributed by atoms with Gasteiger partial charge in [0.05, 0.1) is 37.5 Å². The number of nitrogens with two attached hydrogens (primary N) is 2. The van der Waals surface area contributed by atoms with Crippen molar-refractivity contribution in [2.24, 2.45) is 11.6 Å². The molecule has 5 N–H and O–H groups in total. The fourth-order valence-corrected chi connectivity index (χ4v) is 4.07. The minimum Gasteiger partial charge on any atom is -0.507 e. The zero-order valence-corrected chi connectivity index (χ0v) is 19.2. The molecule has 2 aliphatic rings. The third-order valence-corrected chi connectivity index (χ3v) is 5.74. The number of amides is 2. The molecule has 0 radical (unpaired) electrons. The highest BCUT2D eigenvalue weighted by Crippen LogP contribution is 2.31. The Hall–Kier alpha value is -4.10. The second kappa shape index (κ2) is 10.7. The smallest absolute Gasteiger partial charge is 0.414 e. The Morgan fingerprint density at radius 2 is 1.92 bits per heavy atom. The van der Waals surface area contributed by atoms with Crippen LogP contribution in [0.25, 0.3) is 0 Å². The van der Waals surface area contributed by atoms with Crippen LogP contribution in [0.3, 0.4) is 0 Å². The minimum atomic E-state index is -0.881. The molecular weight excluding hydrogens is 478 g/mol. The van der Waals surface area contributed by atoms with E-state index < -0.39 is 29.7 Å². The number of hydrogen-bond donors (Lipinski definition) is 3. The minimum absolute atomic E-state index is 0.000759. The number of nitrogens with zero attached hydrogens (tertiary/aromatic N) is 4. The Morgan fingerprint density at radius 1 is 1.19 bits per heavy atom. The highest BCUT2D eigenvalue weighted by Gasteiger charge is 2.34. The average molecular weight is 504 g/mol. The number of halogens is 2. The van der Waals surface area contributed by atoms with Crippen LogP contribution in [0.5, 0.6) is 5.75 Å². The van der Waals surface area contributed by atoms with Crippen LogP contribution in [-0.2, 0) is 9.57 Å².